The molecule has 1 amide bonds. The number of aryl methyl sites for hydroxylation is 2. The van der Waals surface area contributed by atoms with Crippen molar-refractivity contribution in [2.75, 3.05) is 18.6 Å². The van der Waals surface area contributed by atoms with Crippen LogP contribution < -0.4 is 9.54 Å². The summed E-state index contributed by atoms with van der Waals surface area (Å²) in [7, 11) is 0. The summed E-state index contributed by atoms with van der Waals surface area (Å²) in [5.41, 5.74) is 1.58. The highest BCUT2D eigenvalue weighted by atomic mass is 32.2. The third-order valence-electron chi connectivity index (χ3n) is 3.92. The summed E-state index contributed by atoms with van der Waals surface area (Å²) < 4.78 is 10.4. The van der Waals surface area contributed by atoms with Crippen LogP contribution in [-0.4, -0.2) is 38.9 Å². The van der Waals surface area contributed by atoms with E-state index in [9.17, 15) is 4.79 Å². The van der Waals surface area contributed by atoms with Gasteiger partial charge in [-0.15, -0.1) is 0 Å². The van der Waals surface area contributed by atoms with Crippen molar-refractivity contribution < 1.29 is 9.53 Å². The van der Waals surface area contributed by atoms with Gasteiger partial charge in [-0.1, -0.05) is 11.3 Å². The predicted octanol–water partition coefficient (Wildman–Crippen LogP) is 3.42. The van der Waals surface area contributed by atoms with Crippen molar-refractivity contribution >= 4 is 39.2 Å². The van der Waals surface area contributed by atoms with Crippen molar-refractivity contribution in [3.63, 3.8) is 0 Å². The number of hydrogen-bond acceptors (Lipinski definition) is 5. The fourth-order valence-electron chi connectivity index (χ4n) is 2.70. The van der Waals surface area contributed by atoms with Crippen LogP contribution in [0.3, 0.4) is 0 Å². The smallest absolute Gasteiger partial charge is 0.297 e. The number of rotatable bonds is 7. The molecule has 0 aliphatic rings. The summed E-state index contributed by atoms with van der Waals surface area (Å²) >= 11 is 3.28. The lowest BCUT2D eigenvalue weighted by molar-refractivity contribution is 0.0987. The number of benzene rings is 1. The number of amides is 1. The highest BCUT2D eigenvalue weighted by Gasteiger charge is 2.13. The van der Waals surface area contributed by atoms with E-state index in [4.69, 9.17) is 4.74 Å². The molecule has 0 unspecified atom stereocenters. The number of carbonyl (C=O) groups excluding carboxylic acids is 1. The van der Waals surface area contributed by atoms with Gasteiger partial charge >= 0.3 is 0 Å². The van der Waals surface area contributed by atoms with Gasteiger partial charge in [0.1, 0.15) is 11.4 Å². The van der Waals surface area contributed by atoms with Gasteiger partial charge in [-0.3, -0.25) is 9.48 Å². The molecule has 3 aromatic rings. The third kappa shape index (κ3) is 3.86. The second kappa shape index (κ2) is 8.55. The van der Waals surface area contributed by atoms with E-state index in [-0.39, 0.29) is 5.91 Å². The number of ether oxygens (including phenoxy) is 1. The molecule has 138 valence electrons. The fraction of sp³-hybridized carbons (Fsp3) is 0.389. The number of thioether (sulfide) groups is 1. The summed E-state index contributed by atoms with van der Waals surface area (Å²) in [4.78, 5) is 17.8. The van der Waals surface area contributed by atoms with E-state index in [2.05, 4.69) is 20.9 Å². The minimum absolute atomic E-state index is 0.265. The summed E-state index contributed by atoms with van der Waals surface area (Å²) in [6.07, 6.45) is 3.71. The first-order chi connectivity index (χ1) is 12.7. The zero-order valence-electron chi connectivity index (χ0n) is 15.1. The van der Waals surface area contributed by atoms with Crippen molar-refractivity contribution in [3.05, 3.63) is 41.0 Å². The number of nitrogens with zero attached hydrogens (tertiary/aromatic N) is 4. The Kier molecular flexibility index (Phi) is 6.16. The van der Waals surface area contributed by atoms with Crippen LogP contribution in [0.15, 0.2) is 35.5 Å². The molecule has 0 bridgehead atoms. The average Bonchev–Trinajstić information content (AvgIpc) is 3.24. The lowest BCUT2D eigenvalue weighted by Gasteiger charge is -2.05. The molecule has 0 saturated heterocycles. The number of fused-ring (bicyclic) bond motifs is 1. The second-order valence-corrected chi connectivity index (χ2v) is 7.54. The molecule has 0 N–H and O–H groups in total. The molecule has 0 spiro atoms. The van der Waals surface area contributed by atoms with Gasteiger partial charge in [0.05, 0.1) is 16.8 Å². The lowest BCUT2D eigenvalue weighted by Crippen LogP contribution is -2.19. The van der Waals surface area contributed by atoms with Crippen LogP contribution >= 0.6 is 23.1 Å². The monoisotopic (exact) mass is 390 g/mol. The van der Waals surface area contributed by atoms with Gasteiger partial charge in [0.2, 0.25) is 0 Å². The summed E-state index contributed by atoms with van der Waals surface area (Å²) in [5.74, 6) is 1.52. The van der Waals surface area contributed by atoms with Crippen LogP contribution in [0.5, 0.6) is 5.75 Å². The summed E-state index contributed by atoms with van der Waals surface area (Å²) in [6, 6.07) is 7.73. The minimum atomic E-state index is -0.265. The van der Waals surface area contributed by atoms with Crippen LogP contribution in [-0.2, 0) is 13.1 Å². The molecule has 2 aromatic heterocycles. The molecule has 0 aliphatic carbocycles. The van der Waals surface area contributed by atoms with Gasteiger partial charge in [0, 0.05) is 25.0 Å². The van der Waals surface area contributed by atoms with Crippen LogP contribution in [0.4, 0.5) is 0 Å². The number of carbonyl (C=O) groups is 1. The van der Waals surface area contributed by atoms with Gasteiger partial charge in [-0.2, -0.15) is 21.9 Å². The maximum atomic E-state index is 12.7. The molecule has 0 saturated carbocycles. The van der Waals surface area contributed by atoms with Crippen molar-refractivity contribution in [2.24, 2.45) is 4.99 Å². The van der Waals surface area contributed by atoms with E-state index >= 15 is 0 Å². The minimum Gasteiger partial charge on any atom is -0.494 e. The Balaban J connectivity index is 2.09. The number of hydrogen-bond donors (Lipinski definition) is 0. The van der Waals surface area contributed by atoms with Crippen molar-refractivity contribution in [1.29, 1.82) is 0 Å². The highest BCUT2D eigenvalue weighted by Crippen LogP contribution is 2.23. The van der Waals surface area contributed by atoms with Crippen LogP contribution in [0, 0.1) is 0 Å². The van der Waals surface area contributed by atoms with Crippen molar-refractivity contribution in [3.8, 4) is 5.75 Å². The molecular formula is C18H22N4O2S2. The van der Waals surface area contributed by atoms with E-state index in [1.165, 1.54) is 11.3 Å². The first kappa shape index (κ1) is 18.7. The van der Waals surface area contributed by atoms with Crippen LogP contribution in [0.1, 0.15) is 24.3 Å². The molecule has 0 radical (unpaired) electrons. The molecule has 1 aromatic carbocycles. The standard InChI is InChI=1S/C18H22N4O2S2/c1-4-22-15(8-9-19-22)17(23)20-18-21(10-11-25-3)14-7-6-13(24-5-2)12-16(14)26-18/h6-9,12H,4-5,10-11H2,1-3H3. The SMILES string of the molecule is CCOc1ccc2c(c1)sc(=NC(=O)c1ccnn1CC)n2CCSC. The van der Waals surface area contributed by atoms with E-state index in [1.54, 1.807) is 28.7 Å². The highest BCUT2D eigenvalue weighted by molar-refractivity contribution is 7.98. The first-order valence-electron chi connectivity index (χ1n) is 8.54. The van der Waals surface area contributed by atoms with Crippen LogP contribution in [0.2, 0.25) is 0 Å². The number of aromatic nitrogens is 3. The Morgan fingerprint density at radius 1 is 1.35 bits per heavy atom. The van der Waals surface area contributed by atoms with E-state index in [0.717, 1.165) is 28.3 Å². The molecule has 0 atom stereocenters. The maximum absolute atomic E-state index is 12.7. The third-order valence-corrected chi connectivity index (χ3v) is 5.55. The molecule has 8 heteroatoms. The first-order valence-corrected chi connectivity index (χ1v) is 10.7. The molecule has 3 rings (SSSR count). The molecular weight excluding hydrogens is 368 g/mol. The Labute approximate surface area is 160 Å². The zero-order chi connectivity index (χ0) is 18.5. The Hall–Kier alpha value is -2.06. The van der Waals surface area contributed by atoms with Gasteiger partial charge < -0.3 is 9.30 Å². The zero-order valence-corrected chi connectivity index (χ0v) is 16.8. The van der Waals surface area contributed by atoms with Gasteiger partial charge in [-0.25, -0.2) is 0 Å². The number of thiazole rings is 1. The van der Waals surface area contributed by atoms with Gasteiger partial charge in [0.15, 0.2) is 4.80 Å². The molecule has 0 aliphatic heterocycles. The fourth-order valence-corrected chi connectivity index (χ4v) is 4.15. The van der Waals surface area contributed by atoms with Gasteiger partial charge in [-0.05, 0) is 44.4 Å². The largest absolute Gasteiger partial charge is 0.494 e. The molecule has 26 heavy (non-hydrogen) atoms. The molecule has 0 fully saturated rings. The van der Waals surface area contributed by atoms with Crippen LogP contribution in [0.25, 0.3) is 10.2 Å². The van der Waals surface area contributed by atoms with Crippen molar-refractivity contribution in [2.45, 2.75) is 26.9 Å². The second-order valence-electron chi connectivity index (χ2n) is 5.54. The lowest BCUT2D eigenvalue weighted by atomic mass is 10.3. The summed E-state index contributed by atoms with van der Waals surface area (Å²) in [5, 5.41) is 4.16. The van der Waals surface area contributed by atoms with Crippen molar-refractivity contribution in [1.82, 2.24) is 14.3 Å². The Morgan fingerprint density at radius 2 is 2.19 bits per heavy atom. The van der Waals surface area contributed by atoms with E-state index in [0.29, 0.717) is 23.6 Å². The maximum Gasteiger partial charge on any atom is 0.297 e. The van der Waals surface area contributed by atoms with Gasteiger partial charge in [0.25, 0.3) is 5.91 Å². The quantitative estimate of drug-likeness (QED) is 0.620. The average molecular weight is 391 g/mol. The molecule has 2 heterocycles. The Morgan fingerprint density at radius 3 is 2.92 bits per heavy atom. The van der Waals surface area contributed by atoms with E-state index < -0.39 is 0 Å². The summed E-state index contributed by atoms with van der Waals surface area (Å²) in [6.45, 7) is 5.99. The predicted molar refractivity (Wildman–Crippen MR) is 107 cm³/mol. The normalized spacial score (nSPS) is 12.0. The molecule has 6 nitrogen and oxygen atoms in total. The van der Waals surface area contributed by atoms with E-state index in [1.807, 2.05) is 32.0 Å². The Bertz CT molecular complexity index is 971. The topological polar surface area (TPSA) is 61.4 Å².